The van der Waals surface area contributed by atoms with Crippen molar-refractivity contribution in [3.05, 3.63) is 29.3 Å². The lowest BCUT2D eigenvalue weighted by atomic mass is 9.94. The second-order valence-electron chi connectivity index (χ2n) is 5.50. The lowest BCUT2D eigenvalue weighted by Crippen LogP contribution is -2.45. The summed E-state index contributed by atoms with van der Waals surface area (Å²) in [5.41, 5.74) is 1.03. The van der Waals surface area contributed by atoms with E-state index in [1.807, 2.05) is 19.1 Å². The number of carbonyl (C=O) groups excluding carboxylic acids is 1. The molecule has 0 aromatic heterocycles. The first-order valence-corrected chi connectivity index (χ1v) is 6.61. The van der Waals surface area contributed by atoms with Gasteiger partial charge >= 0.3 is 0 Å². The van der Waals surface area contributed by atoms with Gasteiger partial charge in [0.15, 0.2) is 0 Å². The lowest BCUT2D eigenvalue weighted by Gasteiger charge is -2.37. The largest absolute Gasteiger partial charge is 0.496 e. The van der Waals surface area contributed by atoms with Crippen molar-refractivity contribution in [1.82, 2.24) is 4.90 Å². The van der Waals surface area contributed by atoms with Crippen molar-refractivity contribution in [2.75, 3.05) is 20.2 Å². The summed E-state index contributed by atoms with van der Waals surface area (Å²) in [5, 5.41) is 10.1. The summed E-state index contributed by atoms with van der Waals surface area (Å²) < 4.78 is 5.33. The van der Waals surface area contributed by atoms with Gasteiger partial charge in [0, 0.05) is 24.2 Å². The summed E-state index contributed by atoms with van der Waals surface area (Å²) in [6.45, 7) is 4.19. The fourth-order valence-corrected chi connectivity index (χ4v) is 2.69. The Bertz CT molecular complexity index is 457. The molecule has 4 heteroatoms. The number of hydrogen-bond donors (Lipinski definition) is 1. The molecule has 104 valence electrons. The van der Waals surface area contributed by atoms with Crippen molar-refractivity contribution >= 4 is 6.29 Å². The van der Waals surface area contributed by atoms with E-state index in [1.165, 1.54) is 0 Å². The zero-order valence-corrected chi connectivity index (χ0v) is 11.6. The van der Waals surface area contributed by atoms with Gasteiger partial charge in [-0.05, 0) is 44.5 Å². The third-order valence-electron chi connectivity index (χ3n) is 3.59. The van der Waals surface area contributed by atoms with Crippen LogP contribution in [0.1, 0.15) is 35.7 Å². The smallest absolute Gasteiger partial charge is 0.150 e. The minimum absolute atomic E-state index is 0.617. The number of methoxy groups -OCH3 is 1. The molecule has 1 aromatic rings. The summed E-state index contributed by atoms with van der Waals surface area (Å²) in [6.07, 6.45) is 2.67. The highest BCUT2D eigenvalue weighted by Gasteiger charge is 2.28. The third-order valence-corrected chi connectivity index (χ3v) is 3.59. The van der Waals surface area contributed by atoms with E-state index < -0.39 is 5.60 Å². The van der Waals surface area contributed by atoms with Crippen LogP contribution in [-0.4, -0.2) is 42.1 Å². The third kappa shape index (κ3) is 3.55. The Morgan fingerprint density at radius 1 is 1.53 bits per heavy atom. The van der Waals surface area contributed by atoms with Crippen molar-refractivity contribution < 1.29 is 14.6 Å². The molecule has 1 aromatic carbocycles. The highest BCUT2D eigenvalue weighted by molar-refractivity contribution is 5.75. The molecule has 1 saturated heterocycles. The maximum absolute atomic E-state index is 10.9. The average Bonchev–Trinajstić information content (AvgIpc) is 2.37. The molecule has 0 bridgehead atoms. The average molecular weight is 263 g/mol. The van der Waals surface area contributed by atoms with E-state index in [2.05, 4.69) is 4.90 Å². The maximum Gasteiger partial charge on any atom is 0.150 e. The summed E-state index contributed by atoms with van der Waals surface area (Å²) in [6, 6.07) is 5.43. The van der Waals surface area contributed by atoms with E-state index >= 15 is 0 Å². The Labute approximate surface area is 114 Å². The Balaban J connectivity index is 2.15. The predicted octanol–water partition coefficient (Wildman–Crippen LogP) is 1.85. The van der Waals surface area contributed by atoms with Gasteiger partial charge in [0.25, 0.3) is 0 Å². The second kappa shape index (κ2) is 5.72. The Hall–Kier alpha value is -1.39. The first-order chi connectivity index (χ1) is 9.04. The molecule has 1 N–H and O–H groups in total. The quantitative estimate of drug-likeness (QED) is 0.842. The standard InChI is InChI=1S/C15H21NO3/c1-15(18)6-3-7-16(11-15)9-13-8-12(10-17)4-5-14(13)19-2/h4-5,8,10,18H,3,6-7,9,11H2,1-2H3. The number of aldehydes is 1. The Morgan fingerprint density at radius 2 is 2.32 bits per heavy atom. The molecular formula is C15H21NO3. The van der Waals surface area contributed by atoms with Gasteiger partial charge in [-0.15, -0.1) is 0 Å². The summed E-state index contributed by atoms with van der Waals surface area (Å²) in [5.74, 6) is 0.788. The van der Waals surface area contributed by atoms with Crippen LogP contribution in [0.4, 0.5) is 0 Å². The number of benzene rings is 1. The normalized spacial score (nSPS) is 24.2. The summed E-state index contributed by atoms with van der Waals surface area (Å²) in [7, 11) is 1.63. The number of likely N-dealkylation sites (tertiary alicyclic amines) is 1. The molecule has 0 saturated carbocycles. The number of hydrogen-bond acceptors (Lipinski definition) is 4. The van der Waals surface area contributed by atoms with E-state index in [0.29, 0.717) is 18.7 Å². The summed E-state index contributed by atoms with van der Waals surface area (Å²) in [4.78, 5) is 13.1. The van der Waals surface area contributed by atoms with Crippen LogP contribution < -0.4 is 4.74 Å². The van der Waals surface area contributed by atoms with Crippen LogP contribution in [0, 0.1) is 0 Å². The van der Waals surface area contributed by atoms with Gasteiger partial charge in [-0.1, -0.05) is 0 Å². The van der Waals surface area contributed by atoms with Crippen molar-refractivity contribution in [2.45, 2.75) is 31.9 Å². The zero-order chi connectivity index (χ0) is 13.9. The number of rotatable bonds is 4. The monoisotopic (exact) mass is 263 g/mol. The zero-order valence-electron chi connectivity index (χ0n) is 11.6. The molecule has 0 aliphatic carbocycles. The molecule has 0 amide bonds. The number of piperidine rings is 1. The number of ether oxygens (including phenoxy) is 1. The van der Waals surface area contributed by atoms with Crippen molar-refractivity contribution in [1.29, 1.82) is 0 Å². The SMILES string of the molecule is COc1ccc(C=O)cc1CN1CCCC(C)(O)C1. The topological polar surface area (TPSA) is 49.8 Å². The van der Waals surface area contributed by atoms with Crippen LogP contribution in [-0.2, 0) is 6.54 Å². The van der Waals surface area contributed by atoms with E-state index in [0.717, 1.165) is 37.0 Å². The molecule has 0 radical (unpaired) electrons. The Morgan fingerprint density at radius 3 is 2.95 bits per heavy atom. The van der Waals surface area contributed by atoms with Crippen molar-refractivity contribution in [3.63, 3.8) is 0 Å². The molecule has 0 spiro atoms. The van der Waals surface area contributed by atoms with Crippen LogP contribution in [0.2, 0.25) is 0 Å². The van der Waals surface area contributed by atoms with E-state index in [4.69, 9.17) is 4.74 Å². The van der Waals surface area contributed by atoms with Gasteiger partial charge in [-0.2, -0.15) is 0 Å². The number of carbonyl (C=O) groups is 1. The highest BCUT2D eigenvalue weighted by Crippen LogP contribution is 2.25. The summed E-state index contributed by atoms with van der Waals surface area (Å²) >= 11 is 0. The lowest BCUT2D eigenvalue weighted by molar-refractivity contribution is -0.0183. The Kier molecular flexibility index (Phi) is 4.22. The molecule has 1 aliphatic rings. The minimum Gasteiger partial charge on any atom is -0.496 e. The van der Waals surface area contributed by atoms with Gasteiger partial charge in [0.2, 0.25) is 0 Å². The van der Waals surface area contributed by atoms with Gasteiger partial charge in [-0.25, -0.2) is 0 Å². The molecule has 19 heavy (non-hydrogen) atoms. The predicted molar refractivity (Wildman–Crippen MR) is 73.5 cm³/mol. The number of nitrogens with zero attached hydrogens (tertiary/aromatic N) is 1. The maximum atomic E-state index is 10.9. The molecule has 4 nitrogen and oxygen atoms in total. The fraction of sp³-hybridized carbons (Fsp3) is 0.533. The fourth-order valence-electron chi connectivity index (χ4n) is 2.69. The molecule has 1 aliphatic heterocycles. The van der Waals surface area contributed by atoms with Crippen LogP contribution >= 0.6 is 0 Å². The first-order valence-electron chi connectivity index (χ1n) is 6.61. The number of aliphatic hydroxyl groups is 1. The molecule has 1 atom stereocenters. The molecule has 2 rings (SSSR count). The van der Waals surface area contributed by atoms with Crippen LogP contribution in [0.5, 0.6) is 5.75 Å². The van der Waals surface area contributed by atoms with Crippen molar-refractivity contribution in [2.24, 2.45) is 0 Å². The molecular weight excluding hydrogens is 242 g/mol. The second-order valence-corrected chi connectivity index (χ2v) is 5.50. The van der Waals surface area contributed by atoms with E-state index in [1.54, 1.807) is 13.2 Å². The molecule has 1 unspecified atom stereocenters. The van der Waals surface area contributed by atoms with Crippen LogP contribution in [0.15, 0.2) is 18.2 Å². The van der Waals surface area contributed by atoms with E-state index in [9.17, 15) is 9.90 Å². The van der Waals surface area contributed by atoms with Crippen LogP contribution in [0.25, 0.3) is 0 Å². The van der Waals surface area contributed by atoms with Crippen molar-refractivity contribution in [3.8, 4) is 5.75 Å². The van der Waals surface area contributed by atoms with Crippen LogP contribution in [0.3, 0.4) is 0 Å². The van der Waals surface area contributed by atoms with Gasteiger partial charge in [0.1, 0.15) is 12.0 Å². The molecule has 1 heterocycles. The highest BCUT2D eigenvalue weighted by atomic mass is 16.5. The first kappa shape index (κ1) is 14.0. The number of β-amino-alcohol motifs (C(OH)–C–C–N with tert-alkyl or cyclic N) is 1. The van der Waals surface area contributed by atoms with E-state index in [-0.39, 0.29) is 0 Å². The van der Waals surface area contributed by atoms with Gasteiger partial charge in [0.05, 0.1) is 12.7 Å². The molecule has 1 fully saturated rings. The minimum atomic E-state index is -0.617. The van der Waals surface area contributed by atoms with Gasteiger partial charge in [-0.3, -0.25) is 9.69 Å². The van der Waals surface area contributed by atoms with Gasteiger partial charge < -0.3 is 9.84 Å².